The van der Waals surface area contributed by atoms with Gasteiger partial charge in [0.15, 0.2) is 5.82 Å². The Kier molecular flexibility index (Phi) is 5.69. The van der Waals surface area contributed by atoms with Gasteiger partial charge in [-0.3, -0.25) is 4.79 Å². The normalized spacial score (nSPS) is 20.1. The van der Waals surface area contributed by atoms with E-state index in [0.717, 1.165) is 61.1 Å². The lowest BCUT2D eigenvalue weighted by molar-refractivity contribution is 0.104. The van der Waals surface area contributed by atoms with E-state index in [9.17, 15) is 4.79 Å². The van der Waals surface area contributed by atoms with Crippen molar-refractivity contribution in [3.8, 4) is 11.3 Å². The molecule has 6 rings (SSSR count). The topological polar surface area (TPSA) is 123 Å². The fourth-order valence-electron chi connectivity index (χ4n) is 4.63. The molecule has 5 heterocycles. The molecule has 2 fully saturated rings. The van der Waals surface area contributed by atoms with Crippen LogP contribution in [0.2, 0.25) is 0 Å². The molecule has 0 saturated carbocycles. The maximum atomic E-state index is 13.2. The molecular formula is C24H26N8OS. The first-order valence-electron chi connectivity index (χ1n) is 11.7. The molecule has 10 heteroatoms. The highest BCUT2D eigenvalue weighted by atomic mass is 32.1. The van der Waals surface area contributed by atoms with Crippen LogP contribution >= 0.6 is 11.3 Å². The van der Waals surface area contributed by atoms with Crippen LogP contribution in [0.4, 0.5) is 11.6 Å². The molecule has 0 spiro atoms. The number of carbonyl (C=O) groups excluding carboxylic acids is 1. The van der Waals surface area contributed by atoms with Crippen molar-refractivity contribution in [3.63, 3.8) is 0 Å². The molecular weight excluding hydrogens is 448 g/mol. The van der Waals surface area contributed by atoms with Crippen molar-refractivity contribution in [3.05, 3.63) is 64.3 Å². The molecule has 9 nitrogen and oxygen atoms in total. The van der Waals surface area contributed by atoms with Crippen molar-refractivity contribution in [2.75, 3.05) is 18.4 Å². The summed E-state index contributed by atoms with van der Waals surface area (Å²) in [4.78, 5) is 33.9. The Morgan fingerprint density at radius 3 is 2.32 bits per heavy atom. The Bertz CT molecular complexity index is 1280. The average molecular weight is 475 g/mol. The van der Waals surface area contributed by atoms with E-state index in [1.54, 1.807) is 11.7 Å². The minimum Gasteiger partial charge on any atom is -0.341 e. The van der Waals surface area contributed by atoms with Crippen molar-refractivity contribution < 1.29 is 4.79 Å². The second-order valence-electron chi connectivity index (χ2n) is 8.72. The maximum absolute atomic E-state index is 13.2. The third-order valence-corrected chi connectivity index (χ3v) is 7.28. The van der Waals surface area contributed by atoms with E-state index in [0.29, 0.717) is 22.3 Å². The number of aromatic nitrogens is 5. The first-order valence-corrected chi connectivity index (χ1v) is 12.5. The van der Waals surface area contributed by atoms with Gasteiger partial charge in [0.2, 0.25) is 5.78 Å². The predicted octanol–water partition coefficient (Wildman–Crippen LogP) is 4.08. The van der Waals surface area contributed by atoms with Gasteiger partial charge in [0.05, 0.1) is 35.7 Å². The van der Waals surface area contributed by atoms with Crippen molar-refractivity contribution >= 4 is 28.8 Å². The molecule has 34 heavy (non-hydrogen) atoms. The molecule has 1 aromatic carbocycles. The Balaban J connectivity index is 1.16. The van der Waals surface area contributed by atoms with E-state index in [4.69, 9.17) is 0 Å². The zero-order chi connectivity index (χ0) is 22.9. The zero-order valence-electron chi connectivity index (χ0n) is 18.6. The van der Waals surface area contributed by atoms with Crippen LogP contribution in [0.1, 0.15) is 64.7 Å². The van der Waals surface area contributed by atoms with E-state index in [1.165, 1.54) is 17.8 Å². The van der Waals surface area contributed by atoms with Crippen LogP contribution in [-0.4, -0.2) is 43.8 Å². The molecule has 0 radical (unpaired) electrons. The fraction of sp³-hybridized carbons (Fsp3) is 0.333. The van der Waals surface area contributed by atoms with Crippen molar-refractivity contribution in [1.82, 2.24) is 35.6 Å². The molecule has 3 aromatic heterocycles. The molecule has 0 bridgehead atoms. The second kappa shape index (κ2) is 9.13. The summed E-state index contributed by atoms with van der Waals surface area (Å²) in [5.74, 6) is 3.08. The third kappa shape index (κ3) is 4.15. The van der Waals surface area contributed by atoms with Crippen LogP contribution < -0.4 is 16.0 Å². The summed E-state index contributed by atoms with van der Waals surface area (Å²) in [7, 11) is 0. The van der Waals surface area contributed by atoms with Crippen molar-refractivity contribution in [1.29, 1.82) is 0 Å². The predicted molar refractivity (Wildman–Crippen MR) is 131 cm³/mol. The van der Waals surface area contributed by atoms with Crippen LogP contribution in [0.3, 0.4) is 0 Å². The van der Waals surface area contributed by atoms with Gasteiger partial charge in [-0.25, -0.2) is 15.0 Å². The Morgan fingerprint density at radius 2 is 1.62 bits per heavy atom. The van der Waals surface area contributed by atoms with Gasteiger partial charge < -0.3 is 25.9 Å². The Hall–Kier alpha value is -3.34. The molecule has 2 saturated heterocycles. The lowest BCUT2D eigenvalue weighted by Gasteiger charge is -2.07. The number of benzene rings is 1. The van der Waals surface area contributed by atoms with E-state index in [2.05, 4.69) is 40.9 Å². The van der Waals surface area contributed by atoms with Gasteiger partial charge in [0.1, 0.15) is 22.3 Å². The number of thiazole rings is 1. The number of carbonyl (C=O) groups is 1. The van der Waals surface area contributed by atoms with Gasteiger partial charge in [-0.05, 0) is 44.3 Å². The number of imidazole rings is 2. The van der Waals surface area contributed by atoms with E-state index in [-0.39, 0.29) is 11.8 Å². The summed E-state index contributed by atoms with van der Waals surface area (Å²) in [5, 5.41) is 10.1. The molecule has 2 aliphatic heterocycles. The van der Waals surface area contributed by atoms with Crippen LogP contribution in [0.15, 0.2) is 42.2 Å². The van der Waals surface area contributed by atoms with E-state index in [1.807, 2.05) is 30.5 Å². The summed E-state index contributed by atoms with van der Waals surface area (Å²) in [6, 6.07) is 8.18. The lowest BCUT2D eigenvalue weighted by atomic mass is 10.1. The van der Waals surface area contributed by atoms with Crippen LogP contribution in [0.25, 0.3) is 11.3 Å². The first kappa shape index (κ1) is 21.2. The highest BCUT2D eigenvalue weighted by Gasteiger charge is 2.22. The average Bonchev–Trinajstić information content (AvgIpc) is 3.69. The molecule has 5 N–H and O–H groups in total. The van der Waals surface area contributed by atoms with Gasteiger partial charge >= 0.3 is 0 Å². The van der Waals surface area contributed by atoms with Gasteiger partial charge in [-0.2, -0.15) is 0 Å². The van der Waals surface area contributed by atoms with Gasteiger partial charge in [0.25, 0.3) is 0 Å². The van der Waals surface area contributed by atoms with Crippen LogP contribution in [0, 0.1) is 0 Å². The summed E-state index contributed by atoms with van der Waals surface area (Å²) in [6.45, 7) is 2.04. The molecule has 174 valence electrons. The minimum atomic E-state index is -0.0609. The number of ketones is 1. The largest absolute Gasteiger partial charge is 0.341 e. The third-order valence-electron chi connectivity index (χ3n) is 6.46. The SMILES string of the molecule is O=C(c1ccc(-c2cnc([C@@H]3CCCN3)[nH]2)cc1)c1scnc1Nc1cnc([C@@H]2CCCN2)[nH]1. The van der Waals surface area contributed by atoms with E-state index < -0.39 is 0 Å². The van der Waals surface area contributed by atoms with Crippen molar-refractivity contribution in [2.45, 2.75) is 37.8 Å². The fourth-order valence-corrected chi connectivity index (χ4v) is 5.33. The van der Waals surface area contributed by atoms with Crippen LogP contribution in [0.5, 0.6) is 0 Å². The number of hydrogen-bond donors (Lipinski definition) is 5. The molecule has 0 unspecified atom stereocenters. The smallest absolute Gasteiger partial charge is 0.206 e. The highest BCUT2D eigenvalue weighted by Crippen LogP contribution is 2.28. The number of H-pyrrole nitrogens is 2. The molecule has 0 amide bonds. The Labute approximate surface area is 200 Å². The van der Waals surface area contributed by atoms with Crippen molar-refractivity contribution in [2.24, 2.45) is 0 Å². The highest BCUT2D eigenvalue weighted by molar-refractivity contribution is 7.12. The number of anilines is 2. The monoisotopic (exact) mass is 474 g/mol. The number of rotatable bonds is 7. The second-order valence-corrected chi connectivity index (χ2v) is 9.58. The summed E-state index contributed by atoms with van der Waals surface area (Å²) >= 11 is 1.33. The molecule has 2 atom stereocenters. The Morgan fingerprint density at radius 1 is 0.912 bits per heavy atom. The molecule has 0 aliphatic carbocycles. The lowest BCUT2D eigenvalue weighted by Crippen LogP contribution is -2.14. The van der Waals surface area contributed by atoms with Gasteiger partial charge in [-0.1, -0.05) is 24.3 Å². The first-order chi connectivity index (χ1) is 16.7. The summed E-state index contributed by atoms with van der Waals surface area (Å²) in [6.07, 6.45) is 8.10. The van der Waals surface area contributed by atoms with Gasteiger partial charge in [-0.15, -0.1) is 11.3 Å². The minimum absolute atomic E-state index is 0.0609. The van der Waals surface area contributed by atoms with Gasteiger partial charge in [0, 0.05) is 5.56 Å². The summed E-state index contributed by atoms with van der Waals surface area (Å²) in [5.41, 5.74) is 4.26. The number of hydrogen-bond acceptors (Lipinski definition) is 8. The van der Waals surface area contributed by atoms with Crippen LogP contribution in [-0.2, 0) is 0 Å². The number of nitrogens with one attached hydrogen (secondary N) is 5. The molecule has 4 aromatic rings. The quantitative estimate of drug-likeness (QED) is 0.256. The summed E-state index contributed by atoms with van der Waals surface area (Å²) < 4.78 is 0. The van der Waals surface area contributed by atoms with E-state index >= 15 is 0 Å². The molecule has 2 aliphatic rings. The maximum Gasteiger partial charge on any atom is 0.206 e. The standard InChI is InChI=1S/C24H26N8OS/c33-20(15-7-5-14(6-8-15)18-11-27-22(30-18)16-3-1-9-25-16)21-24(29-13-34-21)32-19-12-28-23(31-19)17-4-2-10-26-17/h5-8,11-13,16-17,25-26,32H,1-4,9-10H2,(H,27,30)(H,28,31)/t16-,17-/m0/s1. The number of aromatic amines is 2. The number of nitrogens with zero attached hydrogens (tertiary/aromatic N) is 3. The zero-order valence-corrected chi connectivity index (χ0v) is 19.4.